The first kappa shape index (κ1) is 13.8. The number of hydrazone groups is 1. The normalized spacial score (nSPS) is 12.6. The summed E-state index contributed by atoms with van der Waals surface area (Å²) in [4.78, 5) is 0. The molecule has 0 saturated carbocycles. The van der Waals surface area contributed by atoms with Crippen LogP contribution in [0.1, 0.15) is 46.1 Å². The zero-order valence-corrected chi connectivity index (χ0v) is 11.5. The Kier molecular flexibility index (Phi) is 5.20. The lowest BCUT2D eigenvalue weighted by molar-refractivity contribution is 0.433. The van der Waals surface area contributed by atoms with E-state index in [-0.39, 0.29) is 5.41 Å². The lowest BCUT2D eigenvalue weighted by Crippen LogP contribution is -2.18. The SMILES string of the molecule is CCCN/N=C(/CC(C)(C)C)c1ccccc1. The number of nitrogens with one attached hydrogen (secondary N) is 1. The van der Waals surface area contributed by atoms with Gasteiger partial charge in [0.2, 0.25) is 0 Å². The van der Waals surface area contributed by atoms with Crippen molar-refractivity contribution in [2.24, 2.45) is 10.5 Å². The Morgan fingerprint density at radius 2 is 1.82 bits per heavy atom. The molecule has 1 rings (SSSR count). The molecular weight excluding hydrogens is 208 g/mol. The van der Waals surface area contributed by atoms with Crippen LogP contribution in [0.25, 0.3) is 0 Å². The second-order valence-electron chi connectivity index (χ2n) is 5.57. The highest BCUT2D eigenvalue weighted by Crippen LogP contribution is 2.21. The van der Waals surface area contributed by atoms with Crippen LogP contribution in [0.2, 0.25) is 0 Å². The summed E-state index contributed by atoms with van der Waals surface area (Å²) in [5.74, 6) is 0. The summed E-state index contributed by atoms with van der Waals surface area (Å²) >= 11 is 0. The third-order valence-corrected chi connectivity index (χ3v) is 2.38. The molecule has 1 aromatic rings. The average Bonchev–Trinajstić information content (AvgIpc) is 2.28. The van der Waals surface area contributed by atoms with Gasteiger partial charge in [0.1, 0.15) is 0 Å². The summed E-state index contributed by atoms with van der Waals surface area (Å²) in [6, 6.07) is 10.4. The Labute approximate surface area is 105 Å². The molecule has 2 nitrogen and oxygen atoms in total. The fourth-order valence-electron chi connectivity index (χ4n) is 1.60. The van der Waals surface area contributed by atoms with Gasteiger partial charge in [-0.2, -0.15) is 5.10 Å². The smallest absolute Gasteiger partial charge is 0.0680 e. The second kappa shape index (κ2) is 6.43. The quantitative estimate of drug-likeness (QED) is 0.466. The largest absolute Gasteiger partial charge is 0.310 e. The molecule has 1 aromatic carbocycles. The van der Waals surface area contributed by atoms with E-state index in [0.717, 1.165) is 25.1 Å². The van der Waals surface area contributed by atoms with Crippen LogP contribution in [-0.2, 0) is 0 Å². The first-order valence-electron chi connectivity index (χ1n) is 6.38. The molecule has 1 N–H and O–H groups in total. The summed E-state index contributed by atoms with van der Waals surface area (Å²) in [7, 11) is 0. The Hall–Kier alpha value is -1.31. The highest BCUT2D eigenvalue weighted by Gasteiger charge is 2.15. The molecule has 0 unspecified atom stereocenters. The zero-order valence-electron chi connectivity index (χ0n) is 11.5. The molecule has 17 heavy (non-hydrogen) atoms. The summed E-state index contributed by atoms with van der Waals surface area (Å²) in [5, 5.41) is 4.54. The number of rotatable bonds is 5. The Bertz CT molecular complexity index is 347. The number of nitrogens with zero attached hydrogens (tertiary/aromatic N) is 1. The third-order valence-electron chi connectivity index (χ3n) is 2.38. The van der Waals surface area contributed by atoms with Gasteiger partial charge in [-0.3, -0.25) is 0 Å². The molecule has 0 fully saturated rings. The summed E-state index contributed by atoms with van der Waals surface area (Å²) in [6.45, 7) is 9.80. The van der Waals surface area contributed by atoms with E-state index in [1.165, 1.54) is 5.56 Å². The summed E-state index contributed by atoms with van der Waals surface area (Å²) in [6.07, 6.45) is 2.08. The molecule has 0 aliphatic heterocycles. The predicted molar refractivity (Wildman–Crippen MR) is 75.3 cm³/mol. The van der Waals surface area contributed by atoms with Gasteiger partial charge in [-0.15, -0.1) is 0 Å². The summed E-state index contributed by atoms with van der Waals surface area (Å²) < 4.78 is 0. The van der Waals surface area contributed by atoms with Gasteiger partial charge in [0.25, 0.3) is 0 Å². The molecule has 0 aliphatic carbocycles. The van der Waals surface area contributed by atoms with Gasteiger partial charge < -0.3 is 5.43 Å². The average molecular weight is 232 g/mol. The molecule has 0 atom stereocenters. The zero-order chi connectivity index (χ0) is 12.7. The molecule has 0 saturated heterocycles. The number of hydrogen-bond acceptors (Lipinski definition) is 2. The minimum atomic E-state index is 0.253. The Morgan fingerprint density at radius 3 is 2.35 bits per heavy atom. The van der Waals surface area contributed by atoms with E-state index in [1.54, 1.807) is 0 Å². The van der Waals surface area contributed by atoms with E-state index in [9.17, 15) is 0 Å². The lowest BCUT2D eigenvalue weighted by atomic mass is 9.87. The molecule has 0 spiro atoms. The molecule has 0 heterocycles. The number of hydrogen-bond donors (Lipinski definition) is 1. The van der Waals surface area contributed by atoms with Crippen LogP contribution in [0, 0.1) is 5.41 Å². The minimum absolute atomic E-state index is 0.253. The van der Waals surface area contributed by atoms with Crippen molar-refractivity contribution in [2.45, 2.75) is 40.5 Å². The molecule has 0 aromatic heterocycles. The van der Waals surface area contributed by atoms with Crippen molar-refractivity contribution >= 4 is 5.71 Å². The maximum atomic E-state index is 4.54. The van der Waals surface area contributed by atoms with Crippen LogP contribution >= 0.6 is 0 Å². The van der Waals surface area contributed by atoms with Crippen molar-refractivity contribution in [3.05, 3.63) is 35.9 Å². The Morgan fingerprint density at radius 1 is 1.18 bits per heavy atom. The Balaban J connectivity index is 2.83. The van der Waals surface area contributed by atoms with Gasteiger partial charge in [0.05, 0.1) is 5.71 Å². The van der Waals surface area contributed by atoms with Crippen molar-refractivity contribution in [3.8, 4) is 0 Å². The van der Waals surface area contributed by atoms with Gasteiger partial charge in [-0.1, -0.05) is 58.0 Å². The molecule has 94 valence electrons. The molecule has 0 aliphatic rings. The van der Waals surface area contributed by atoms with Crippen LogP contribution in [0.4, 0.5) is 0 Å². The highest BCUT2D eigenvalue weighted by atomic mass is 15.3. The van der Waals surface area contributed by atoms with Gasteiger partial charge in [0.15, 0.2) is 0 Å². The van der Waals surface area contributed by atoms with Gasteiger partial charge in [-0.05, 0) is 23.8 Å². The van der Waals surface area contributed by atoms with Crippen molar-refractivity contribution < 1.29 is 0 Å². The predicted octanol–water partition coefficient (Wildman–Crippen LogP) is 3.83. The molecular formula is C15H24N2. The van der Waals surface area contributed by atoms with Crippen molar-refractivity contribution in [2.75, 3.05) is 6.54 Å². The van der Waals surface area contributed by atoms with E-state index in [2.05, 4.69) is 62.5 Å². The summed E-state index contributed by atoms with van der Waals surface area (Å²) in [5.41, 5.74) is 5.76. The van der Waals surface area contributed by atoms with Gasteiger partial charge >= 0.3 is 0 Å². The minimum Gasteiger partial charge on any atom is -0.310 e. The first-order valence-corrected chi connectivity index (χ1v) is 6.38. The maximum absolute atomic E-state index is 4.54. The van der Waals surface area contributed by atoms with E-state index >= 15 is 0 Å². The van der Waals surface area contributed by atoms with Crippen LogP contribution in [-0.4, -0.2) is 12.3 Å². The molecule has 0 amide bonds. The molecule has 2 heteroatoms. The van der Waals surface area contributed by atoms with Crippen LogP contribution in [0.5, 0.6) is 0 Å². The van der Waals surface area contributed by atoms with E-state index in [1.807, 2.05) is 6.07 Å². The van der Waals surface area contributed by atoms with Crippen LogP contribution in [0.15, 0.2) is 35.4 Å². The monoisotopic (exact) mass is 232 g/mol. The fourth-order valence-corrected chi connectivity index (χ4v) is 1.60. The highest BCUT2D eigenvalue weighted by molar-refractivity contribution is 6.00. The van der Waals surface area contributed by atoms with E-state index in [0.29, 0.717) is 0 Å². The topological polar surface area (TPSA) is 24.4 Å². The van der Waals surface area contributed by atoms with E-state index < -0.39 is 0 Å². The fraction of sp³-hybridized carbons (Fsp3) is 0.533. The molecule has 0 radical (unpaired) electrons. The van der Waals surface area contributed by atoms with Crippen molar-refractivity contribution in [1.82, 2.24) is 5.43 Å². The van der Waals surface area contributed by atoms with E-state index in [4.69, 9.17) is 0 Å². The lowest BCUT2D eigenvalue weighted by Gasteiger charge is -2.19. The first-order chi connectivity index (χ1) is 8.03. The maximum Gasteiger partial charge on any atom is 0.0680 e. The van der Waals surface area contributed by atoms with Gasteiger partial charge in [-0.25, -0.2) is 0 Å². The molecule has 0 bridgehead atoms. The third kappa shape index (κ3) is 5.53. The van der Waals surface area contributed by atoms with Crippen molar-refractivity contribution in [1.29, 1.82) is 0 Å². The van der Waals surface area contributed by atoms with Crippen molar-refractivity contribution in [3.63, 3.8) is 0 Å². The van der Waals surface area contributed by atoms with Crippen LogP contribution in [0.3, 0.4) is 0 Å². The standard InChI is InChI=1S/C15H24N2/c1-5-11-16-17-14(12-15(2,3)4)13-9-7-6-8-10-13/h6-10,16H,5,11-12H2,1-4H3/b17-14-. The van der Waals surface area contributed by atoms with Crippen LogP contribution < -0.4 is 5.43 Å². The van der Waals surface area contributed by atoms with Gasteiger partial charge in [0, 0.05) is 6.54 Å². The second-order valence-corrected chi connectivity index (χ2v) is 5.57. The number of benzene rings is 1.